The molecule has 3 atom stereocenters. The van der Waals surface area contributed by atoms with Gasteiger partial charge in [0.05, 0.1) is 12.4 Å². The van der Waals surface area contributed by atoms with Crippen molar-refractivity contribution in [1.82, 2.24) is 20.6 Å². The summed E-state index contributed by atoms with van der Waals surface area (Å²) in [6, 6.07) is 6.33. The number of hydrogen-bond donors (Lipinski definition) is 7. The number of carbonyl (C=O) groups is 3. The van der Waals surface area contributed by atoms with Crippen LogP contribution in [0.15, 0.2) is 47.8 Å². The van der Waals surface area contributed by atoms with Crippen molar-refractivity contribution in [2.75, 3.05) is 6.54 Å². The number of hydrogen-bond acceptors (Lipinski definition) is 6. The van der Waals surface area contributed by atoms with Crippen molar-refractivity contribution in [1.29, 1.82) is 0 Å². The molecule has 0 radical (unpaired) electrons. The summed E-state index contributed by atoms with van der Waals surface area (Å²) in [6.45, 7) is 0.334. The number of aromatic nitrogens is 2. The van der Waals surface area contributed by atoms with Crippen molar-refractivity contribution in [2.45, 2.75) is 43.8 Å². The minimum Gasteiger partial charge on any atom is -0.370 e. The molecular weight excluding hydrogens is 426 g/mol. The molecule has 2 rings (SSSR count). The predicted octanol–water partition coefficient (Wildman–Crippen LogP) is -1.97. The molecule has 0 bridgehead atoms. The molecule has 0 unspecified atom stereocenters. The third-order valence-electron chi connectivity index (χ3n) is 4.86. The van der Waals surface area contributed by atoms with Crippen molar-refractivity contribution in [3.8, 4) is 0 Å². The zero-order valence-electron chi connectivity index (χ0n) is 18.2. The molecule has 12 nitrogen and oxygen atoms in total. The normalized spacial score (nSPS) is 13.4. The van der Waals surface area contributed by atoms with Crippen molar-refractivity contribution >= 4 is 23.7 Å². The van der Waals surface area contributed by atoms with Crippen LogP contribution in [0.4, 0.5) is 0 Å². The van der Waals surface area contributed by atoms with E-state index in [4.69, 9.17) is 22.9 Å². The number of nitrogens with two attached hydrogens (primary N) is 4. The number of primary amides is 1. The van der Waals surface area contributed by atoms with E-state index in [1.807, 2.05) is 30.3 Å². The van der Waals surface area contributed by atoms with Gasteiger partial charge in [0.2, 0.25) is 17.7 Å². The van der Waals surface area contributed by atoms with Crippen LogP contribution in [0.5, 0.6) is 0 Å². The van der Waals surface area contributed by atoms with Crippen LogP contribution >= 0.6 is 0 Å². The molecule has 0 aliphatic carbocycles. The second-order valence-corrected chi connectivity index (χ2v) is 7.55. The summed E-state index contributed by atoms with van der Waals surface area (Å²) in [5.41, 5.74) is 23.5. The van der Waals surface area contributed by atoms with Gasteiger partial charge in [-0.05, 0) is 18.4 Å². The van der Waals surface area contributed by atoms with Gasteiger partial charge in [-0.2, -0.15) is 0 Å². The second-order valence-electron chi connectivity index (χ2n) is 7.55. The van der Waals surface area contributed by atoms with E-state index in [9.17, 15) is 14.4 Å². The predicted molar refractivity (Wildman–Crippen MR) is 123 cm³/mol. The fraction of sp³-hybridized carbons (Fsp3) is 0.381. The van der Waals surface area contributed by atoms with Gasteiger partial charge in [0.25, 0.3) is 0 Å². The Labute approximate surface area is 191 Å². The maximum Gasteiger partial charge on any atom is 0.243 e. The molecule has 11 N–H and O–H groups in total. The maximum atomic E-state index is 13.0. The summed E-state index contributed by atoms with van der Waals surface area (Å²) in [7, 11) is 0. The largest absolute Gasteiger partial charge is 0.370 e. The van der Waals surface area contributed by atoms with Gasteiger partial charge in [0.15, 0.2) is 5.96 Å². The van der Waals surface area contributed by atoms with Crippen LogP contribution in [-0.4, -0.2) is 58.3 Å². The zero-order chi connectivity index (χ0) is 24.2. The third kappa shape index (κ3) is 8.99. The van der Waals surface area contributed by atoms with Crippen LogP contribution in [0.3, 0.4) is 0 Å². The molecule has 12 heteroatoms. The fourth-order valence-electron chi connectivity index (χ4n) is 3.10. The molecule has 1 aromatic heterocycles. The Morgan fingerprint density at radius 3 is 2.30 bits per heavy atom. The number of nitrogens with one attached hydrogen (secondary N) is 3. The number of H-pyrrole nitrogens is 1. The molecular formula is C21H31N9O3. The van der Waals surface area contributed by atoms with Crippen LogP contribution < -0.4 is 33.6 Å². The van der Waals surface area contributed by atoms with E-state index < -0.39 is 35.8 Å². The van der Waals surface area contributed by atoms with Crippen LogP contribution in [0.25, 0.3) is 0 Å². The monoisotopic (exact) mass is 457 g/mol. The van der Waals surface area contributed by atoms with Crippen LogP contribution in [0.1, 0.15) is 24.1 Å². The Morgan fingerprint density at radius 1 is 1.00 bits per heavy atom. The van der Waals surface area contributed by atoms with E-state index in [0.717, 1.165) is 5.56 Å². The summed E-state index contributed by atoms with van der Waals surface area (Å²) in [4.78, 5) is 48.2. The molecule has 1 heterocycles. The second kappa shape index (κ2) is 12.8. The lowest BCUT2D eigenvalue weighted by Crippen LogP contribution is -2.56. The molecule has 0 spiro atoms. The first-order chi connectivity index (χ1) is 15.8. The van der Waals surface area contributed by atoms with Gasteiger partial charge in [-0.1, -0.05) is 30.3 Å². The summed E-state index contributed by atoms with van der Waals surface area (Å²) in [5, 5.41) is 5.29. The summed E-state index contributed by atoms with van der Waals surface area (Å²) >= 11 is 0. The highest BCUT2D eigenvalue weighted by atomic mass is 16.2. The van der Waals surface area contributed by atoms with Gasteiger partial charge in [0, 0.05) is 31.3 Å². The minimum atomic E-state index is -1.00. The van der Waals surface area contributed by atoms with E-state index in [1.54, 1.807) is 0 Å². The number of aromatic amines is 1. The van der Waals surface area contributed by atoms with Gasteiger partial charge in [-0.25, -0.2) is 4.98 Å². The standard InChI is InChI=1S/C21H31N9O3/c22-15(7-4-8-27-21(24)25)19(32)30-17(10-14-11-26-12-28-14)20(33)29-16(18(23)31)9-13-5-2-1-3-6-13/h1-3,5-6,11-12,15-17H,4,7-10,22H2,(H2,23,31)(H,26,28)(H,29,33)(H,30,32)(H4,24,25,27)/t15-,16-,17-/m0/s1. The highest BCUT2D eigenvalue weighted by Crippen LogP contribution is 2.06. The number of rotatable bonds is 13. The van der Waals surface area contributed by atoms with Gasteiger partial charge >= 0.3 is 0 Å². The van der Waals surface area contributed by atoms with E-state index in [-0.39, 0.29) is 18.8 Å². The van der Waals surface area contributed by atoms with Crippen LogP contribution in [-0.2, 0) is 27.2 Å². The number of guanidine groups is 1. The molecule has 0 aliphatic rings. The van der Waals surface area contributed by atoms with E-state index >= 15 is 0 Å². The van der Waals surface area contributed by atoms with E-state index in [1.165, 1.54) is 12.5 Å². The summed E-state index contributed by atoms with van der Waals surface area (Å²) < 4.78 is 0. The zero-order valence-corrected chi connectivity index (χ0v) is 18.2. The maximum absolute atomic E-state index is 13.0. The van der Waals surface area contributed by atoms with Crippen molar-refractivity contribution in [2.24, 2.45) is 27.9 Å². The number of nitrogens with zero attached hydrogens (tertiary/aromatic N) is 2. The smallest absolute Gasteiger partial charge is 0.243 e. The third-order valence-corrected chi connectivity index (χ3v) is 4.86. The number of imidazole rings is 1. The summed E-state index contributed by atoms with van der Waals surface area (Å²) in [5.74, 6) is -1.80. The Balaban J connectivity index is 2.04. The lowest BCUT2D eigenvalue weighted by Gasteiger charge is -2.23. The number of amides is 3. The van der Waals surface area contributed by atoms with Gasteiger partial charge in [0.1, 0.15) is 12.1 Å². The topological polar surface area (TPSA) is 220 Å². The molecule has 0 fully saturated rings. The quantitative estimate of drug-likeness (QED) is 0.102. The minimum absolute atomic E-state index is 0.0381. The lowest BCUT2D eigenvalue weighted by molar-refractivity contribution is -0.131. The average Bonchev–Trinajstić information content (AvgIpc) is 3.29. The molecule has 1 aromatic carbocycles. The van der Waals surface area contributed by atoms with E-state index in [2.05, 4.69) is 25.6 Å². The molecule has 2 aromatic rings. The molecule has 33 heavy (non-hydrogen) atoms. The highest BCUT2D eigenvalue weighted by Gasteiger charge is 2.28. The summed E-state index contributed by atoms with van der Waals surface area (Å²) in [6.07, 6.45) is 4.15. The van der Waals surface area contributed by atoms with Gasteiger partial charge in [-0.15, -0.1) is 0 Å². The molecule has 0 saturated carbocycles. The Morgan fingerprint density at radius 2 is 1.70 bits per heavy atom. The number of benzene rings is 1. The van der Waals surface area contributed by atoms with Crippen molar-refractivity contribution in [3.05, 3.63) is 54.1 Å². The first-order valence-corrected chi connectivity index (χ1v) is 10.5. The lowest BCUT2D eigenvalue weighted by atomic mass is 10.0. The fourth-order valence-corrected chi connectivity index (χ4v) is 3.10. The highest BCUT2D eigenvalue weighted by molar-refractivity contribution is 5.92. The molecule has 0 aliphatic heterocycles. The molecule has 0 saturated heterocycles. The van der Waals surface area contributed by atoms with Crippen molar-refractivity contribution in [3.63, 3.8) is 0 Å². The van der Waals surface area contributed by atoms with Crippen LogP contribution in [0, 0.1) is 0 Å². The SMILES string of the molecule is NC(=O)[C@H](Cc1ccccc1)NC(=O)[C@H](Cc1cnc[nH]1)NC(=O)[C@@H](N)CCCN=C(N)N. The van der Waals surface area contributed by atoms with Gasteiger partial charge in [-0.3, -0.25) is 19.4 Å². The Hall–Kier alpha value is -3.93. The first kappa shape index (κ1) is 25.3. The van der Waals surface area contributed by atoms with E-state index in [0.29, 0.717) is 25.1 Å². The van der Waals surface area contributed by atoms with Crippen molar-refractivity contribution < 1.29 is 14.4 Å². The Bertz CT molecular complexity index is 928. The molecule has 178 valence electrons. The Kier molecular flexibility index (Phi) is 9.83. The van der Waals surface area contributed by atoms with Crippen LogP contribution in [0.2, 0.25) is 0 Å². The number of aliphatic imine (C=N–C) groups is 1. The molecule has 3 amide bonds. The van der Waals surface area contributed by atoms with Gasteiger partial charge < -0.3 is 38.6 Å². The average molecular weight is 458 g/mol. The first-order valence-electron chi connectivity index (χ1n) is 10.5. The number of carbonyl (C=O) groups excluding carboxylic acids is 3.